The lowest BCUT2D eigenvalue weighted by Crippen LogP contribution is -2.35. The Morgan fingerprint density at radius 1 is 1.04 bits per heavy atom. The Labute approximate surface area is 138 Å². The number of urea groups is 1. The first-order valence-electron chi connectivity index (χ1n) is 8.01. The van der Waals surface area contributed by atoms with Crippen molar-refractivity contribution in [3.05, 3.63) is 23.8 Å². The van der Waals surface area contributed by atoms with Crippen LogP contribution in [0.4, 0.5) is 4.79 Å². The summed E-state index contributed by atoms with van der Waals surface area (Å²) < 4.78 is 15.9. The second kappa shape index (κ2) is 11.6. The number of carbonyl (C=O) groups is 1. The average molecular weight is 324 g/mol. The molecule has 0 saturated heterocycles. The van der Waals surface area contributed by atoms with Crippen molar-refractivity contribution in [2.75, 3.05) is 34.0 Å². The molecule has 6 nitrogen and oxygen atoms in total. The van der Waals surface area contributed by atoms with Gasteiger partial charge in [-0.3, -0.25) is 0 Å². The minimum atomic E-state index is -0.187. The molecule has 0 atom stereocenters. The number of hydrogen-bond donors (Lipinski definition) is 2. The fourth-order valence-corrected chi connectivity index (χ4v) is 1.96. The van der Waals surface area contributed by atoms with E-state index in [-0.39, 0.29) is 6.03 Å². The molecule has 0 aliphatic rings. The Morgan fingerprint density at radius 3 is 2.48 bits per heavy atom. The average Bonchev–Trinajstić information content (AvgIpc) is 2.58. The number of benzene rings is 1. The summed E-state index contributed by atoms with van der Waals surface area (Å²) in [7, 11) is 3.18. The van der Waals surface area contributed by atoms with Gasteiger partial charge in [-0.2, -0.15) is 0 Å². The van der Waals surface area contributed by atoms with Gasteiger partial charge in [0.05, 0.1) is 14.2 Å². The van der Waals surface area contributed by atoms with Crippen molar-refractivity contribution in [1.82, 2.24) is 10.6 Å². The standard InChI is InChI=1S/C17H28N2O4/c1-4-5-10-23-11-6-9-18-17(20)19-13-14-7-8-15(21-2)16(12-14)22-3/h7-8,12H,4-6,9-11,13H2,1-3H3,(H2,18,19,20). The highest BCUT2D eigenvalue weighted by atomic mass is 16.5. The fourth-order valence-electron chi connectivity index (χ4n) is 1.96. The molecule has 0 unspecified atom stereocenters. The molecule has 0 bridgehead atoms. The van der Waals surface area contributed by atoms with Gasteiger partial charge >= 0.3 is 6.03 Å². The van der Waals surface area contributed by atoms with Gasteiger partial charge in [0.25, 0.3) is 0 Å². The predicted molar refractivity (Wildman–Crippen MR) is 90.1 cm³/mol. The second-order valence-electron chi connectivity index (χ2n) is 5.12. The lowest BCUT2D eigenvalue weighted by Gasteiger charge is -2.11. The number of ether oxygens (including phenoxy) is 3. The molecule has 0 aliphatic heterocycles. The minimum absolute atomic E-state index is 0.187. The summed E-state index contributed by atoms with van der Waals surface area (Å²) in [5.41, 5.74) is 0.945. The predicted octanol–water partition coefficient (Wildman–Crippen LogP) is 2.71. The van der Waals surface area contributed by atoms with Crippen molar-refractivity contribution >= 4 is 6.03 Å². The molecular weight excluding hydrogens is 296 g/mol. The highest BCUT2D eigenvalue weighted by molar-refractivity contribution is 5.73. The maximum atomic E-state index is 11.7. The van der Waals surface area contributed by atoms with E-state index in [0.29, 0.717) is 31.2 Å². The van der Waals surface area contributed by atoms with E-state index in [9.17, 15) is 4.79 Å². The van der Waals surface area contributed by atoms with Crippen LogP contribution >= 0.6 is 0 Å². The van der Waals surface area contributed by atoms with E-state index < -0.39 is 0 Å². The lowest BCUT2D eigenvalue weighted by molar-refractivity contribution is 0.129. The van der Waals surface area contributed by atoms with Crippen LogP contribution in [-0.4, -0.2) is 40.0 Å². The monoisotopic (exact) mass is 324 g/mol. The number of unbranched alkanes of at least 4 members (excludes halogenated alkanes) is 1. The third kappa shape index (κ3) is 7.74. The van der Waals surface area contributed by atoms with Crippen molar-refractivity contribution in [1.29, 1.82) is 0 Å². The third-order valence-electron chi connectivity index (χ3n) is 3.29. The molecule has 0 fully saturated rings. The Kier molecular flexibility index (Phi) is 9.63. The van der Waals surface area contributed by atoms with Crippen molar-refractivity contribution < 1.29 is 19.0 Å². The summed E-state index contributed by atoms with van der Waals surface area (Å²) in [6.45, 7) is 4.63. The van der Waals surface area contributed by atoms with Crippen molar-refractivity contribution in [3.63, 3.8) is 0 Å². The Morgan fingerprint density at radius 2 is 1.78 bits per heavy atom. The Hall–Kier alpha value is -1.95. The number of nitrogens with one attached hydrogen (secondary N) is 2. The largest absolute Gasteiger partial charge is 0.493 e. The van der Waals surface area contributed by atoms with E-state index in [1.807, 2.05) is 18.2 Å². The van der Waals surface area contributed by atoms with Crippen LogP contribution in [0, 0.1) is 0 Å². The van der Waals surface area contributed by atoms with E-state index in [4.69, 9.17) is 14.2 Å². The molecule has 0 aliphatic carbocycles. The van der Waals surface area contributed by atoms with E-state index >= 15 is 0 Å². The van der Waals surface area contributed by atoms with Crippen LogP contribution in [0.1, 0.15) is 31.7 Å². The van der Waals surface area contributed by atoms with Gasteiger partial charge in [0.15, 0.2) is 11.5 Å². The molecule has 1 rings (SSSR count). The Balaban J connectivity index is 2.20. The van der Waals surface area contributed by atoms with Gasteiger partial charge in [-0.25, -0.2) is 4.79 Å². The number of carbonyl (C=O) groups excluding carboxylic acids is 1. The van der Waals surface area contributed by atoms with Crippen LogP contribution in [-0.2, 0) is 11.3 Å². The number of hydrogen-bond acceptors (Lipinski definition) is 4. The molecule has 0 heterocycles. The zero-order valence-electron chi connectivity index (χ0n) is 14.3. The van der Waals surface area contributed by atoms with Crippen LogP contribution in [0.5, 0.6) is 11.5 Å². The smallest absolute Gasteiger partial charge is 0.315 e. The molecule has 2 N–H and O–H groups in total. The molecule has 23 heavy (non-hydrogen) atoms. The molecule has 2 amide bonds. The van der Waals surface area contributed by atoms with Crippen molar-refractivity contribution in [3.8, 4) is 11.5 Å². The number of methoxy groups -OCH3 is 2. The molecule has 130 valence electrons. The number of amides is 2. The summed E-state index contributed by atoms with van der Waals surface area (Å²) in [5, 5.41) is 5.62. The second-order valence-corrected chi connectivity index (χ2v) is 5.12. The van der Waals surface area contributed by atoms with Gasteiger partial charge in [0.1, 0.15) is 0 Å². The van der Waals surface area contributed by atoms with Crippen LogP contribution < -0.4 is 20.1 Å². The van der Waals surface area contributed by atoms with E-state index in [2.05, 4.69) is 17.6 Å². The van der Waals surface area contributed by atoms with E-state index in [1.165, 1.54) is 0 Å². The molecule has 0 spiro atoms. The summed E-state index contributed by atoms with van der Waals surface area (Å²) >= 11 is 0. The maximum absolute atomic E-state index is 11.7. The van der Waals surface area contributed by atoms with Gasteiger partial charge in [-0.05, 0) is 30.5 Å². The first-order chi connectivity index (χ1) is 11.2. The summed E-state index contributed by atoms with van der Waals surface area (Å²) in [5.74, 6) is 1.32. The van der Waals surface area contributed by atoms with Crippen LogP contribution in [0.3, 0.4) is 0 Å². The normalized spacial score (nSPS) is 10.2. The third-order valence-corrected chi connectivity index (χ3v) is 3.29. The van der Waals surface area contributed by atoms with E-state index in [1.54, 1.807) is 14.2 Å². The van der Waals surface area contributed by atoms with Crippen molar-refractivity contribution in [2.24, 2.45) is 0 Å². The lowest BCUT2D eigenvalue weighted by atomic mass is 10.2. The molecule has 1 aromatic rings. The van der Waals surface area contributed by atoms with E-state index in [0.717, 1.165) is 31.4 Å². The molecule has 1 aromatic carbocycles. The van der Waals surface area contributed by atoms with Gasteiger partial charge in [-0.1, -0.05) is 19.4 Å². The zero-order valence-corrected chi connectivity index (χ0v) is 14.3. The summed E-state index contributed by atoms with van der Waals surface area (Å²) in [6.07, 6.45) is 3.03. The van der Waals surface area contributed by atoms with Gasteiger partial charge in [-0.15, -0.1) is 0 Å². The first-order valence-corrected chi connectivity index (χ1v) is 8.01. The highest BCUT2D eigenvalue weighted by Crippen LogP contribution is 2.27. The van der Waals surface area contributed by atoms with Gasteiger partial charge in [0, 0.05) is 26.3 Å². The van der Waals surface area contributed by atoms with Crippen LogP contribution in [0.25, 0.3) is 0 Å². The Bertz CT molecular complexity index is 466. The molecule has 0 saturated carbocycles. The SMILES string of the molecule is CCCCOCCCNC(=O)NCc1ccc(OC)c(OC)c1. The van der Waals surface area contributed by atoms with Crippen molar-refractivity contribution in [2.45, 2.75) is 32.7 Å². The fraction of sp³-hybridized carbons (Fsp3) is 0.588. The minimum Gasteiger partial charge on any atom is -0.493 e. The van der Waals surface area contributed by atoms with Crippen LogP contribution in [0.15, 0.2) is 18.2 Å². The highest BCUT2D eigenvalue weighted by Gasteiger charge is 2.05. The number of rotatable bonds is 11. The molecule has 6 heteroatoms. The maximum Gasteiger partial charge on any atom is 0.315 e. The summed E-state index contributed by atoms with van der Waals surface area (Å²) in [4.78, 5) is 11.7. The van der Waals surface area contributed by atoms with Gasteiger partial charge < -0.3 is 24.8 Å². The molecule has 0 aromatic heterocycles. The zero-order chi connectivity index (χ0) is 16.9. The van der Waals surface area contributed by atoms with Crippen LogP contribution in [0.2, 0.25) is 0 Å². The first kappa shape index (κ1) is 19.1. The van der Waals surface area contributed by atoms with Gasteiger partial charge in [0.2, 0.25) is 0 Å². The summed E-state index contributed by atoms with van der Waals surface area (Å²) in [6, 6.07) is 5.37. The quantitative estimate of drug-likeness (QED) is 0.614. The molecule has 0 radical (unpaired) electrons. The molecular formula is C17H28N2O4. The topological polar surface area (TPSA) is 68.8 Å².